The maximum atomic E-state index is 5.82. The van der Waals surface area contributed by atoms with Crippen LogP contribution in [0.3, 0.4) is 0 Å². The van der Waals surface area contributed by atoms with Crippen molar-refractivity contribution in [1.29, 1.82) is 0 Å². The summed E-state index contributed by atoms with van der Waals surface area (Å²) < 4.78 is 5.82. The van der Waals surface area contributed by atoms with Gasteiger partial charge in [-0.3, -0.25) is 0 Å². The molecule has 0 bridgehead atoms. The van der Waals surface area contributed by atoms with Crippen molar-refractivity contribution in [3.05, 3.63) is 23.8 Å². The van der Waals surface area contributed by atoms with Crippen LogP contribution in [0, 0.1) is 5.92 Å². The van der Waals surface area contributed by atoms with E-state index in [0.29, 0.717) is 17.9 Å². The van der Waals surface area contributed by atoms with Crippen LogP contribution >= 0.6 is 0 Å². The van der Waals surface area contributed by atoms with Crippen LogP contribution in [-0.2, 0) is 4.74 Å². The molecule has 1 saturated carbocycles. The average molecular weight is 360 g/mol. The Hall–Kier alpha value is -1.00. The molecule has 0 N–H and O–H groups in total. The Labute approximate surface area is 159 Å². The van der Waals surface area contributed by atoms with E-state index in [1.54, 1.807) is 0 Å². The van der Waals surface area contributed by atoms with Crippen molar-refractivity contribution in [3.8, 4) is 0 Å². The molecule has 1 aliphatic carbocycles. The molecule has 4 nitrogen and oxygen atoms in total. The van der Waals surface area contributed by atoms with Gasteiger partial charge in [0.15, 0.2) is 0 Å². The van der Waals surface area contributed by atoms with Crippen LogP contribution in [0.15, 0.2) is 12.4 Å². The van der Waals surface area contributed by atoms with E-state index in [-0.39, 0.29) is 0 Å². The van der Waals surface area contributed by atoms with Crippen molar-refractivity contribution < 1.29 is 4.74 Å². The van der Waals surface area contributed by atoms with Gasteiger partial charge in [-0.15, -0.1) is 0 Å². The van der Waals surface area contributed by atoms with Crippen LogP contribution in [0.2, 0.25) is 0 Å². The van der Waals surface area contributed by atoms with Crippen LogP contribution in [0.4, 0.5) is 0 Å². The number of nitrogens with zero attached hydrogens (tertiary/aromatic N) is 3. The van der Waals surface area contributed by atoms with Crippen molar-refractivity contribution in [2.75, 3.05) is 19.7 Å². The molecule has 0 atom stereocenters. The van der Waals surface area contributed by atoms with Gasteiger partial charge in [-0.2, -0.15) is 0 Å². The van der Waals surface area contributed by atoms with Crippen molar-refractivity contribution >= 4 is 0 Å². The summed E-state index contributed by atoms with van der Waals surface area (Å²) in [6.45, 7) is 12.0. The summed E-state index contributed by atoms with van der Waals surface area (Å²) in [6.07, 6.45) is 12.3. The second-order valence-corrected chi connectivity index (χ2v) is 8.90. The largest absolute Gasteiger partial charge is 0.379 e. The normalized spacial score (nSPS) is 25.9. The molecule has 3 rings (SSSR count). The Kier molecular flexibility index (Phi) is 7.05. The monoisotopic (exact) mass is 359 g/mol. The Balaban J connectivity index is 1.43. The third-order valence-electron chi connectivity index (χ3n) is 6.21. The van der Waals surface area contributed by atoms with Gasteiger partial charge in [0.1, 0.15) is 5.82 Å². The second kappa shape index (κ2) is 9.27. The predicted octanol–water partition coefficient (Wildman–Crippen LogP) is 4.76. The summed E-state index contributed by atoms with van der Waals surface area (Å²) >= 11 is 0. The molecular formula is C22H37N3O. The van der Waals surface area contributed by atoms with Crippen molar-refractivity contribution in [3.63, 3.8) is 0 Å². The summed E-state index contributed by atoms with van der Waals surface area (Å²) in [5.74, 6) is 2.80. The highest BCUT2D eigenvalue weighted by atomic mass is 16.5. The van der Waals surface area contributed by atoms with Crippen LogP contribution in [-0.4, -0.2) is 46.7 Å². The zero-order chi connectivity index (χ0) is 18.5. The predicted molar refractivity (Wildman–Crippen MR) is 107 cm³/mol. The number of likely N-dealkylation sites (tertiary alicyclic amines) is 1. The summed E-state index contributed by atoms with van der Waals surface area (Å²) in [6, 6.07) is 0.786. The third kappa shape index (κ3) is 5.26. The van der Waals surface area contributed by atoms with Gasteiger partial charge in [-0.25, -0.2) is 9.97 Å². The number of ether oxygens (including phenoxy) is 1. The summed E-state index contributed by atoms with van der Waals surface area (Å²) in [4.78, 5) is 11.9. The van der Waals surface area contributed by atoms with E-state index >= 15 is 0 Å². The Bertz CT molecular complexity index is 527. The first-order valence-electron chi connectivity index (χ1n) is 10.7. The minimum Gasteiger partial charge on any atom is -0.379 e. The topological polar surface area (TPSA) is 38.2 Å². The van der Waals surface area contributed by atoms with Gasteiger partial charge in [0.2, 0.25) is 0 Å². The molecule has 0 aromatic carbocycles. The van der Waals surface area contributed by atoms with Gasteiger partial charge in [-0.1, -0.05) is 13.8 Å². The number of aromatic nitrogens is 2. The number of hydrogen-bond acceptors (Lipinski definition) is 4. The number of hydrogen-bond donors (Lipinski definition) is 0. The van der Waals surface area contributed by atoms with Gasteiger partial charge >= 0.3 is 0 Å². The molecule has 2 heterocycles. The highest BCUT2D eigenvalue weighted by molar-refractivity contribution is 5.14. The van der Waals surface area contributed by atoms with E-state index in [9.17, 15) is 0 Å². The summed E-state index contributed by atoms with van der Waals surface area (Å²) in [5.41, 5.74) is 1.34. The minimum atomic E-state index is 0.363. The molecule has 2 fully saturated rings. The van der Waals surface area contributed by atoms with Crippen molar-refractivity contribution in [1.82, 2.24) is 14.9 Å². The quantitative estimate of drug-likeness (QED) is 0.734. The van der Waals surface area contributed by atoms with Gasteiger partial charge in [-0.05, 0) is 82.9 Å². The van der Waals surface area contributed by atoms with Crippen LogP contribution in [0.1, 0.15) is 89.4 Å². The molecule has 0 spiro atoms. The lowest BCUT2D eigenvalue weighted by atomic mass is 9.81. The van der Waals surface area contributed by atoms with Crippen molar-refractivity contribution in [2.45, 2.75) is 90.2 Å². The fraction of sp³-hybridized carbons (Fsp3) is 0.818. The lowest BCUT2D eigenvalue weighted by Crippen LogP contribution is -2.43. The van der Waals surface area contributed by atoms with E-state index in [4.69, 9.17) is 4.74 Å². The Morgan fingerprint density at radius 2 is 1.58 bits per heavy atom. The zero-order valence-corrected chi connectivity index (χ0v) is 17.2. The first-order chi connectivity index (χ1) is 12.5. The van der Waals surface area contributed by atoms with E-state index in [0.717, 1.165) is 24.4 Å². The molecule has 0 radical (unpaired) electrons. The number of piperidine rings is 1. The van der Waals surface area contributed by atoms with E-state index < -0.39 is 0 Å². The van der Waals surface area contributed by atoms with E-state index in [1.807, 2.05) is 0 Å². The fourth-order valence-corrected chi connectivity index (χ4v) is 4.44. The van der Waals surface area contributed by atoms with Gasteiger partial charge in [0.05, 0.1) is 6.10 Å². The Morgan fingerprint density at radius 3 is 2.12 bits per heavy atom. The van der Waals surface area contributed by atoms with Crippen LogP contribution in [0.5, 0.6) is 0 Å². The first-order valence-corrected chi connectivity index (χ1v) is 10.7. The minimum absolute atomic E-state index is 0.363. The molecule has 4 heteroatoms. The van der Waals surface area contributed by atoms with E-state index in [1.165, 1.54) is 57.2 Å². The lowest BCUT2D eigenvalue weighted by Gasteiger charge is -2.41. The van der Waals surface area contributed by atoms with Crippen LogP contribution < -0.4 is 0 Å². The van der Waals surface area contributed by atoms with Gasteiger partial charge < -0.3 is 9.64 Å². The van der Waals surface area contributed by atoms with Crippen LogP contribution in [0.25, 0.3) is 0 Å². The molecule has 1 saturated heterocycles. The maximum absolute atomic E-state index is 5.82. The smallest absolute Gasteiger partial charge is 0.130 e. The molecule has 0 unspecified atom stereocenters. The molecular weight excluding hydrogens is 322 g/mol. The molecule has 26 heavy (non-hydrogen) atoms. The third-order valence-corrected chi connectivity index (χ3v) is 6.21. The highest BCUT2D eigenvalue weighted by Crippen LogP contribution is 2.35. The van der Waals surface area contributed by atoms with Gasteiger partial charge in [0, 0.05) is 31.0 Å². The summed E-state index contributed by atoms with van der Waals surface area (Å²) in [5, 5.41) is 0. The molecule has 0 amide bonds. The zero-order valence-electron chi connectivity index (χ0n) is 17.2. The molecule has 1 aliphatic heterocycles. The lowest BCUT2D eigenvalue weighted by molar-refractivity contribution is 0.0202. The number of rotatable bonds is 6. The van der Waals surface area contributed by atoms with Crippen molar-refractivity contribution in [2.24, 2.45) is 5.92 Å². The molecule has 146 valence electrons. The Morgan fingerprint density at radius 1 is 0.962 bits per heavy atom. The maximum Gasteiger partial charge on any atom is 0.130 e. The molecule has 1 aromatic rings. The molecule has 1 aromatic heterocycles. The summed E-state index contributed by atoms with van der Waals surface area (Å²) in [7, 11) is 0. The van der Waals surface area contributed by atoms with Gasteiger partial charge in [0.25, 0.3) is 0 Å². The standard InChI is InChI=1S/C22H37N3O/c1-16(2)22-23-13-20(14-24-22)19-5-7-21(8-6-19)25-11-9-18(10-12-25)15-26-17(3)4/h13-14,16-19,21H,5-12,15H2,1-4H3. The SMILES string of the molecule is CC(C)OCC1CCN(C2CCC(c3cnc(C(C)C)nc3)CC2)CC1. The fourth-order valence-electron chi connectivity index (χ4n) is 4.44. The van der Waals surface area contributed by atoms with E-state index in [2.05, 4.69) is 55.0 Å². The second-order valence-electron chi connectivity index (χ2n) is 8.90. The average Bonchev–Trinajstić information content (AvgIpc) is 2.67. The first kappa shape index (κ1) is 19.8. The highest BCUT2D eigenvalue weighted by Gasteiger charge is 2.29. The molecule has 2 aliphatic rings.